The Kier molecular flexibility index (Phi) is 1.85. The molecule has 1 fully saturated rings. The smallest absolute Gasteiger partial charge is 0.255 e. The molecule has 1 aromatic rings. The van der Waals surface area contributed by atoms with Crippen LogP contribution in [0.3, 0.4) is 0 Å². The Balaban J connectivity index is 2.08. The third-order valence-corrected chi connectivity index (χ3v) is 2.06. The van der Waals surface area contributed by atoms with Gasteiger partial charge in [0.1, 0.15) is 5.27 Å². The molecule has 0 unspecified atom stereocenters. The first kappa shape index (κ1) is 7.39. The maximum absolute atomic E-state index is 10.7. The van der Waals surface area contributed by atoms with Crippen LogP contribution in [0.1, 0.15) is 19.3 Å². The summed E-state index contributed by atoms with van der Waals surface area (Å²) in [5, 5.41) is 16.3. The quantitative estimate of drug-likeness (QED) is 0.514. The van der Waals surface area contributed by atoms with Crippen LogP contribution in [-0.4, -0.2) is 18.4 Å². The maximum Gasteiger partial charge on any atom is 0.255 e. The van der Waals surface area contributed by atoms with Gasteiger partial charge in [0.25, 0.3) is 6.20 Å². The minimum Gasteiger partial charge on any atom is -0.539 e. The van der Waals surface area contributed by atoms with Crippen LogP contribution in [0.15, 0.2) is 10.7 Å². The van der Waals surface area contributed by atoms with E-state index in [2.05, 4.69) is 9.79 Å². The summed E-state index contributed by atoms with van der Waals surface area (Å²) in [6.45, 7) is 1.91. The highest BCUT2D eigenvalue weighted by molar-refractivity contribution is 4.83. The van der Waals surface area contributed by atoms with E-state index in [0.717, 1.165) is 25.9 Å². The molecule has 5 nitrogen and oxygen atoms in total. The standard InChI is InChI=1S/C7H11N3O2/c11-7-6-10(8-12-7)9-4-2-1-3-5-9/h6H,1-5H2. The predicted octanol–water partition coefficient (Wildman–Crippen LogP) is -0.842. The molecule has 1 aliphatic rings. The van der Waals surface area contributed by atoms with Crippen LogP contribution in [0.4, 0.5) is 0 Å². The van der Waals surface area contributed by atoms with Gasteiger partial charge in [0.2, 0.25) is 0 Å². The normalized spacial score (nSPS) is 18.2. The minimum absolute atomic E-state index is 0.388. The molecule has 2 rings (SSSR count). The van der Waals surface area contributed by atoms with Crippen molar-refractivity contribution in [2.45, 2.75) is 19.3 Å². The Bertz CT molecular complexity index is 255. The van der Waals surface area contributed by atoms with Gasteiger partial charge >= 0.3 is 0 Å². The monoisotopic (exact) mass is 169 g/mol. The van der Waals surface area contributed by atoms with Gasteiger partial charge in [-0.15, -0.1) is 0 Å². The lowest BCUT2D eigenvalue weighted by Gasteiger charge is -2.18. The molecular weight excluding hydrogens is 158 g/mol. The highest BCUT2D eigenvalue weighted by Gasteiger charge is 2.18. The van der Waals surface area contributed by atoms with Gasteiger partial charge in [-0.3, -0.25) is 0 Å². The Morgan fingerprint density at radius 1 is 1.42 bits per heavy atom. The van der Waals surface area contributed by atoms with Crippen molar-refractivity contribution in [2.24, 2.45) is 0 Å². The number of hydrogen-bond donors (Lipinski definition) is 0. The third-order valence-electron chi connectivity index (χ3n) is 2.06. The summed E-state index contributed by atoms with van der Waals surface area (Å²) in [5.74, 6) is -0.388. The molecule has 0 atom stereocenters. The molecule has 1 aliphatic heterocycles. The van der Waals surface area contributed by atoms with E-state index in [-0.39, 0.29) is 5.95 Å². The minimum atomic E-state index is -0.388. The van der Waals surface area contributed by atoms with Gasteiger partial charge < -0.3 is 9.63 Å². The first-order chi connectivity index (χ1) is 5.86. The Hall–Kier alpha value is -1.26. The van der Waals surface area contributed by atoms with Crippen LogP contribution in [0, 0.1) is 0 Å². The predicted molar refractivity (Wildman–Crippen MR) is 37.9 cm³/mol. The third kappa shape index (κ3) is 1.34. The molecular formula is C7H11N3O2. The summed E-state index contributed by atoms with van der Waals surface area (Å²) in [7, 11) is 0. The summed E-state index contributed by atoms with van der Waals surface area (Å²) < 4.78 is 4.43. The van der Waals surface area contributed by atoms with Crippen molar-refractivity contribution in [3.05, 3.63) is 6.20 Å². The number of aromatic nitrogens is 2. The molecule has 0 saturated carbocycles. The fourth-order valence-corrected chi connectivity index (χ4v) is 1.44. The van der Waals surface area contributed by atoms with Crippen molar-refractivity contribution in [1.82, 2.24) is 5.27 Å². The number of hydrogen-bond acceptors (Lipinski definition) is 4. The van der Waals surface area contributed by atoms with Crippen LogP contribution in [0.2, 0.25) is 0 Å². The van der Waals surface area contributed by atoms with Crippen molar-refractivity contribution < 1.29 is 14.4 Å². The van der Waals surface area contributed by atoms with Crippen molar-refractivity contribution in [3.63, 3.8) is 0 Å². The summed E-state index contributed by atoms with van der Waals surface area (Å²) in [6, 6.07) is 0. The van der Waals surface area contributed by atoms with E-state index in [1.165, 1.54) is 17.4 Å². The SMILES string of the molecule is [O-]c1c[n+](N2CCCCC2)no1. The molecule has 0 aromatic carbocycles. The summed E-state index contributed by atoms with van der Waals surface area (Å²) in [4.78, 5) is 1.50. The zero-order valence-electron chi connectivity index (χ0n) is 6.77. The zero-order valence-corrected chi connectivity index (χ0v) is 6.77. The van der Waals surface area contributed by atoms with Gasteiger partial charge in [-0.1, -0.05) is 0 Å². The second-order valence-electron chi connectivity index (χ2n) is 2.96. The van der Waals surface area contributed by atoms with Crippen molar-refractivity contribution >= 4 is 0 Å². The van der Waals surface area contributed by atoms with Crippen molar-refractivity contribution in [3.8, 4) is 5.95 Å². The number of rotatable bonds is 1. The molecule has 0 radical (unpaired) electrons. The molecule has 0 spiro atoms. The van der Waals surface area contributed by atoms with Crippen LogP contribution in [-0.2, 0) is 0 Å². The highest BCUT2D eigenvalue weighted by atomic mass is 16.6. The van der Waals surface area contributed by atoms with Crippen molar-refractivity contribution in [2.75, 3.05) is 18.1 Å². The van der Waals surface area contributed by atoms with Crippen molar-refractivity contribution in [1.29, 1.82) is 0 Å². The fourth-order valence-electron chi connectivity index (χ4n) is 1.44. The molecule has 1 aromatic heterocycles. The maximum atomic E-state index is 10.7. The number of piperidine rings is 1. The summed E-state index contributed by atoms with van der Waals surface area (Å²) >= 11 is 0. The molecule has 1 saturated heterocycles. The topological polar surface area (TPSA) is 56.2 Å². The lowest BCUT2D eigenvalue weighted by molar-refractivity contribution is -0.759. The lowest BCUT2D eigenvalue weighted by Crippen LogP contribution is -2.60. The van der Waals surface area contributed by atoms with E-state index >= 15 is 0 Å². The largest absolute Gasteiger partial charge is 0.539 e. The molecule has 2 heterocycles. The molecule has 0 amide bonds. The van der Waals surface area contributed by atoms with E-state index in [0.29, 0.717) is 0 Å². The molecule has 0 aliphatic carbocycles. The first-order valence-corrected chi connectivity index (χ1v) is 4.17. The zero-order chi connectivity index (χ0) is 8.39. The highest BCUT2D eigenvalue weighted by Crippen LogP contribution is 2.04. The molecule has 12 heavy (non-hydrogen) atoms. The van der Waals surface area contributed by atoms with Crippen LogP contribution in [0.5, 0.6) is 5.95 Å². The summed E-state index contributed by atoms with van der Waals surface area (Å²) in [6.07, 6.45) is 4.95. The Morgan fingerprint density at radius 3 is 2.75 bits per heavy atom. The average molecular weight is 169 g/mol. The summed E-state index contributed by atoms with van der Waals surface area (Å²) in [5.41, 5.74) is 0. The first-order valence-electron chi connectivity index (χ1n) is 4.17. The molecule has 5 heteroatoms. The van der Waals surface area contributed by atoms with Gasteiger partial charge in [-0.2, -0.15) is 5.01 Å². The van der Waals surface area contributed by atoms with Gasteiger partial charge in [0.15, 0.2) is 5.95 Å². The van der Waals surface area contributed by atoms with E-state index in [9.17, 15) is 5.11 Å². The van der Waals surface area contributed by atoms with Crippen LogP contribution in [0.25, 0.3) is 0 Å². The lowest BCUT2D eigenvalue weighted by atomic mass is 10.2. The Morgan fingerprint density at radius 2 is 2.17 bits per heavy atom. The molecule has 0 bridgehead atoms. The van der Waals surface area contributed by atoms with Crippen LogP contribution < -0.4 is 14.9 Å². The fraction of sp³-hybridized carbons (Fsp3) is 0.714. The average Bonchev–Trinajstić information content (AvgIpc) is 2.54. The van der Waals surface area contributed by atoms with E-state index in [1.807, 2.05) is 5.01 Å². The second-order valence-corrected chi connectivity index (χ2v) is 2.96. The molecule has 0 N–H and O–H groups in total. The number of nitrogens with zero attached hydrogens (tertiary/aromatic N) is 3. The van der Waals surface area contributed by atoms with E-state index in [1.54, 1.807) is 0 Å². The van der Waals surface area contributed by atoms with Gasteiger partial charge in [0, 0.05) is 4.79 Å². The van der Waals surface area contributed by atoms with Gasteiger partial charge in [0.05, 0.1) is 13.1 Å². The molecule has 66 valence electrons. The Labute approximate surface area is 70.1 Å². The van der Waals surface area contributed by atoms with E-state index in [4.69, 9.17) is 0 Å². The van der Waals surface area contributed by atoms with Gasteiger partial charge in [-0.05, 0) is 19.3 Å². The second kappa shape index (κ2) is 3.00. The van der Waals surface area contributed by atoms with Gasteiger partial charge in [-0.25, -0.2) is 0 Å². The van der Waals surface area contributed by atoms with E-state index < -0.39 is 0 Å². The van der Waals surface area contributed by atoms with Crippen LogP contribution >= 0.6 is 0 Å².